The number of hydrogen-bond donors (Lipinski definition) is 1. The quantitative estimate of drug-likeness (QED) is 0.490. The summed E-state index contributed by atoms with van der Waals surface area (Å²) in [6.07, 6.45) is 1.66. The summed E-state index contributed by atoms with van der Waals surface area (Å²) in [4.78, 5) is 8.35. The van der Waals surface area contributed by atoms with Crippen LogP contribution in [-0.4, -0.2) is 9.97 Å². The van der Waals surface area contributed by atoms with E-state index in [0.29, 0.717) is 0 Å². The molecule has 2 aromatic heterocycles. The van der Waals surface area contributed by atoms with Gasteiger partial charge in [-0.1, -0.05) is 48.6 Å². The van der Waals surface area contributed by atoms with Crippen molar-refractivity contribution in [3.8, 4) is 11.1 Å². The molecule has 2 nitrogen and oxygen atoms in total. The Morgan fingerprint density at radius 3 is 2.80 bits per heavy atom. The lowest BCUT2D eigenvalue weighted by Crippen LogP contribution is -1.82. The number of aromatic nitrogens is 2. The first-order chi connectivity index (χ1) is 9.83. The first-order valence-corrected chi connectivity index (χ1v) is 7.56. The second-order valence-corrected chi connectivity index (χ2v) is 5.89. The average Bonchev–Trinajstić information content (AvgIpc) is 2.92. The van der Waals surface area contributed by atoms with Crippen molar-refractivity contribution >= 4 is 44.5 Å². The first kappa shape index (κ1) is 11.8. The van der Waals surface area contributed by atoms with Crippen LogP contribution in [0.15, 0.2) is 54.2 Å². The summed E-state index contributed by atoms with van der Waals surface area (Å²) in [7, 11) is 0. The second kappa shape index (κ2) is 4.51. The van der Waals surface area contributed by atoms with Gasteiger partial charge in [0, 0.05) is 10.9 Å². The van der Waals surface area contributed by atoms with Crippen LogP contribution in [0.2, 0.25) is 0 Å². The Labute approximate surface area is 124 Å². The molecule has 0 aliphatic carbocycles. The van der Waals surface area contributed by atoms with Crippen LogP contribution in [0.4, 0.5) is 0 Å². The zero-order chi connectivity index (χ0) is 13.5. The minimum Gasteiger partial charge on any atom is -0.337 e. The van der Waals surface area contributed by atoms with Crippen molar-refractivity contribution < 1.29 is 0 Å². The van der Waals surface area contributed by atoms with Gasteiger partial charge in [-0.25, -0.2) is 4.98 Å². The van der Waals surface area contributed by atoms with Crippen LogP contribution < -0.4 is 0 Å². The minimum absolute atomic E-state index is 0.749. The molecule has 0 atom stereocenters. The highest BCUT2D eigenvalue weighted by atomic mass is 32.1. The monoisotopic (exact) mass is 294 g/mol. The third-order valence-electron chi connectivity index (χ3n) is 3.44. The van der Waals surface area contributed by atoms with Crippen LogP contribution in [0, 0.1) is 4.64 Å². The van der Waals surface area contributed by atoms with E-state index in [-0.39, 0.29) is 0 Å². The SMILES string of the molecule is S=c1[nH]cnc2scc(-c3ccc4ccccc4c3)c12. The molecule has 0 amide bonds. The number of H-pyrrole nitrogens is 1. The molecule has 2 heterocycles. The molecule has 0 fully saturated rings. The van der Waals surface area contributed by atoms with Crippen LogP contribution in [0.25, 0.3) is 32.1 Å². The Hall–Kier alpha value is -2.04. The van der Waals surface area contributed by atoms with E-state index in [1.54, 1.807) is 17.7 Å². The third-order valence-corrected chi connectivity index (χ3v) is 4.64. The van der Waals surface area contributed by atoms with E-state index in [0.717, 1.165) is 20.4 Å². The van der Waals surface area contributed by atoms with Gasteiger partial charge < -0.3 is 4.98 Å². The highest BCUT2D eigenvalue weighted by molar-refractivity contribution is 7.71. The van der Waals surface area contributed by atoms with E-state index in [1.807, 2.05) is 0 Å². The Morgan fingerprint density at radius 2 is 1.90 bits per heavy atom. The standard InChI is InChI=1S/C16H10N2S2/c19-15-14-13(8-20-16(14)18-9-17-15)12-6-5-10-3-1-2-4-11(10)7-12/h1-9H,(H,17,18,19). The van der Waals surface area contributed by atoms with Crippen molar-refractivity contribution in [2.45, 2.75) is 0 Å². The number of hydrogen-bond acceptors (Lipinski definition) is 3. The Kier molecular flexibility index (Phi) is 2.65. The normalized spacial score (nSPS) is 11.2. The maximum absolute atomic E-state index is 5.40. The number of thiophene rings is 1. The number of rotatable bonds is 1. The van der Waals surface area contributed by atoms with Crippen LogP contribution in [0.1, 0.15) is 0 Å². The molecule has 0 unspecified atom stereocenters. The number of fused-ring (bicyclic) bond motifs is 2. The molecule has 4 rings (SSSR count). The summed E-state index contributed by atoms with van der Waals surface area (Å²) in [5.74, 6) is 0. The highest BCUT2D eigenvalue weighted by Crippen LogP contribution is 2.34. The van der Waals surface area contributed by atoms with E-state index in [2.05, 4.69) is 57.8 Å². The van der Waals surface area contributed by atoms with Gasteiger partial charge in [0.05, 0.1) is 11.7 Å². The molecule has 0 spiro atoms. The van der Waals surface area contributed by atoms with Gasteiger partial charge in [0.25, 0.3) is 0 Å². The maximum atomic E-state index is 5.40. The van der Waals surface area contributed by atoms with Gasteiger partial charge in [-0.2, -0.15) is 0 Å². The molecule has 0 saturated heterocycles. The first-order valence-electron chi connectivity index (χ1n) is 6.27. The van der Waals surface area contributed by atoms with Gasteiger partial charge in [-0.05, 0) is 22.4 Å². The molecule has 0 aliphatic rings. The van der Waals surface area contributed by atoms with Crippen molar-refractivity contribution in [2.75, 3.05) is 0 Å². The fraction of sp³-hybridized carbons (Fsp3) is 0. The zero-order valence-electron chi connectivity index (χ0n) is 10.5. The van der Waals surface area contributed by atoms with Crippen LogP contribution in [0.3, 0.4) is 0 Å². The van der Waals surface area contributed by atoms with Gasteiger partial charge in [0.1, 0.15) is 9.47 Å². The molecule has 20 heavy (non-hydrogen) atoms. The lowest BCUT2D eigenvalue weighted by atomic mass is 10.0. The van der Waals surface area contributed by atoms with E-state index in [9.17, 15) is 0 Å². The maximum Gasteiger partial charge on any atom is 0.128 e. The summed E-state index contributed by atoms with van der Waals surface area (Å²) in [5, 5.41) is 5.66. The third kappa shape index (κ3) is 1.77. The van der Waals surface area contributed by atoms with Crippen molar-refractivity contribution in [2.24, 2.45) is 0 Å². The summed E-state index contributed by atoms with van der Waals surface area (Å²) >= 11 is 7.03. The van der Waals surface area contributed by atoms with Gasteiger partial charge in [-0.3, -0.25) is 0 Å². The summed E-state index contributed by atoms with van der Waals surface area (Å²) in [6.45, 7) is 0. The molecule has 1 N–H and O–H groups in total. The molecule has 96 valence electrons. The van der Waals surface area contributed by atoms with Crippen molar-refractivity contribution in [3.63, 3.8) is 0 Å². The molecule has 0 aliphatic heterocycles. The summed E-state index contributed by atoms with van der Waals surface area (Å²) < 4.78 is 0.749. The number of benzene rings is 2. The average molecular weight is 294 g/mol. The fourth-order valence-electron chi connectivity index (χ4n) is 2.45. The lowest BCUT2D eigenvalue weighted by molar-refractivity contribution is 1.22. The molecule has 0 radical (unpaired) electrons. The minimum atomic E-state index is 0.749. The largest absolute Gasteiger partial charge is 0.337 e. The molecule has 4 heteroatoms. The van der Waals surface area contributed by atoms with Crippen LogP contribution in [-0.2, 0) is 0 Å². The van der Waals surface area contributed by atoms with Gasteiger partial charge in [0.2, 0.25) is 0 Å². The Morgan fingerprint density at radius 1 is 1.05 bits per heavy atom. The predicted octanol–water partition coefficient (Wildman–Crippen LogP) is 5.17. The Bertz CT molecular complexity index is 982. The molecular weight excluding hydrogens is 284 g/mol. The van der Waals surface area contributed by atoms with Crippen LogP contribution >= 0.6 is 23.6 Å². The van der Waals surface area contributed by atoms with E-state index < -0.39 is 0 Å². The summed E-state index contributed by atoms with van der Waals surface area (Å²) in [6, 6.07) is 14.9. The van der Waals surface area contributed by atoms with E-state index >= 15 is 0 Å². The molecule has 0 saturated carbocycles. The topological polar surface area (TPSA) is 28.7 Å². The van der Waals surface area contributed by atoms with E-state index in [1.165, 1.54) is 16.3 Å². The predicted molar refractivity (Wildman–Crippen MR) is 87.7 cm³/mol. The van der Waals surface area contributed by atoms with Crippen molar-refractivity contribution in [1.29, 1.82) is 0 Å². The van der Waals surface area contributed by atoms with Crippen molar-refractivity contribution in [1.82, 2.24) is 9.97 Å². The molecule has 4 aromatic rings. The second-order valence-electron chi connectivity index (χ2n) is 4.62. The van der Waals surface area contributed by atoms with E-state index in [4.69, 9.17) is 12.2 Å². The van der Waals surface area contributed by atoms with Crippen LogP contribution in [0.5, 0.6) is 0 Å². The molecule has 2 aromatic carbocycles. The molecule has 0 bridgehead atoms. The number of nitrogens with zero attached hydrogens (tertiary/aromatic N) is 1. The van der Waals surface area contributed by atoms with Crippen molar-refractivity contribution in [3.05, 3.63) is 58.8 Å². The van der Waals surface area contributed by atoms with Gasteiger partial charge >= 0.3 is 0 Å². The zero-order valence-corrected chi connectivity index (χ0v) is 12.1. The summed E-state index contributed by atoms with van der Waals surface area (Å²) in [5.41, 5.74) is 2.34. The highest BCUT2D eigenvalue weighted by Gasteiger charge is 2.09. The number of aromatic amines is 1. The molecular formula is C16H10N2S2. The smallest absolute Gasteiger partial charge is 0.128 e. The fourth-order valence-corrected chi connectivity index (χ4v) is 3.70. The number of nitrogens with one attached hydrogen (secondary N) is 1. The van der Waals surface area contributed by atoms with Gasteiger partial charge in [0.15, 0.2) is 0 Å². The lowest BCUT2D eigenvalue weighted by Gasteiger charge is -2.03. The Balaban J connectivity index is 2.04. The van der Waals surface area contributed by atoms with Gasteiger partial charge in [-0.15, -0.1) is 11.3 Å².